The molecule has 0 amide bonds. The minimum Gasteiger partial charge on any atom is -0.489 e. The Morgan fingerprint density at radius 1 is 1.24 bits per heavy atom. The summed E-state index contributed by atoms with van der Waals surface area (Å²) < 4.78 is 5.87. The van der Waals surface area contributed by atoms with Gasteiger partial charge < -0.3 is 15.2 Å². The molecule has 4 heteroatoms. The molecular formula is C21H24N2O2. The highest BCUT2D eigenvalue weighted by molar-refractivity contribution is 5.37. The van der Waals surface area contributed by atoms with Gasteiger partial charge in [0.05, 0.1) is 18.2 Å². The van der Waals surface area contributed by atoms with Crippen LogP contribution >= 0.6 is 0 Å². The van der Waals surface area contributed by atoms with Gasteiger partial charge >= 0.3 is 0 Å². The Kier molecular flexibility index (Phi) is 5.37. The van der Waals surface area contributed by atoms with Crippen molar-refractivity contribution < 1.29 is 9.84 Å². The molecule has 130 valence electrons. The molecule has 1 aliphatic rings. The Balaban J connectivity index is 1.61. The predicted octanol–water partition coefficient (Wildman–Crippen LogP) is 3.39. The Bertz CT molecular complexity index is 764. The Hall–Kier alpha value is -2.35. The van der Waals surface area contributed by atoms with Crippen molar-refractivity contribution in [2.24, 2.45) is 5.92 Å². The highest BCUT2D eigenvalue weighted by Gasteiger charge is 2.40. The van der Waals surface area contributed by atoms with Crippen LogP contribution < -0.4 is 10.1 Å². The van der Waals surface area contributed by atoms with Crippen LogP contribution in [0.5, 0.6) is 5.75 Å². The first-order chi connectivity index (χ1) is 12.1. The largest absolute Gasteiger partial charge is 0.489 e. The average Bonchev–Trinajstić information content (AvgIpc) is 3.51. The molecule has 3 rings (SSSR count). The number of rotatable bonds is 8. The fourth-order valence-corrected chi connectivity index (χ4v) is 3.02. The molecule has 4 nitrogen and oxygen atoms in total. The summed E-state index contributed by atoms with van der Waals surface area (Å²) in [6.45, 7) is 3.30. The maximum absolute atomic E-state index is 9.67. The molecule has 25 heavy (non-hydrogen) atoms. The number of nitriles is 1. The summed E-state index contributed by atoms with van der Waals surface area (Å²) in [5.74, 6) is 1.35. The van der Waals surface area contributed by atoms with Crippen LogP contribution in [-0.4, -0.2) is 17.3 Å². The molecule has 1 saturated carbocycles. The van der Waals surface area contributed by atoms with Crippen molar-refractivity contribution >= 4 is 0 Å². The van der Waals surface area contributed by atoms with Crippen molar-refractivity contribution in [1.82, 2.24) is 5.32 Å². The van der Waals surface area contributed by atoms with Gasteiger partial charge in [0.1, 0.15) is 12.4 Å². The number of ether oxygens (including phenoxy) is 1. The van der Waals surface area contributed by atoms with Crippen LogP contribution in [0.25, 0.3) is 0 Å². The summed E-state index contributed by atoms with van der Waals surface area (Å²) in [6, 6.07) is 17.6. The number of aliphatic hydroxyl groups is 1. The molecule has 1 unspecified atom stereocenters. The molecule has 0 aliphatic heterocycles. The van der Waals surface area contributed by atoms with Gasteiger partial charge in [0.2, 0.25) is 0 Å². The van der Waals surface area contributed by atoms with Crippen molar-refractivity contribution in [1.29, 1.82) is 5.26 Å². The van der Waals surface area contributed by atoms with Crippen molar-refractivity contribution in [3.63, 3.8) is 0 Å². The molecule has 0 bridgehead atoms. The van der Waals surface area contributed by atoms with Crippen molar-refractivity contribution in [2.75, 3.05) is 6.61 Å². The van der Waals surface area contributed by atoms with Crippen LogP contribution in [0.1, 0.15) is 36.5 Å². The maximum atomic E-state index is 9.67. The summed E-state index contributed by atoms with van der Waals surface area (Å²) in [4.78, 5) is 0. The predicted molar refractivity (Wildman–Crippen MR) is 97.0 cm³/mol. The Morgan fingerprint density at radius 2 is 2.04 bits per heavy atom. The molecule has 1 atom stereocenters. The number of hydrogen-bond donors (Lipinski definition) is 2. The van der Waals surface area contributed by atoms with E-state index < -0.39 is 0 Å². The molecular weight excluding hydrogens is 312 g/mol. The molecule has 2 aromatic carbocycles. The fraction of sp³-hybridized carbons (Fsp3) is 0.381. The minimum atomic E-state index is -0.206. The summed E-state index contributed by atoms with van der Waals surface area (Å²) in [5.41, 5.74) is 2.44. The summed E-state index contributed by atoms with van der Waals surface area (Å²) in [7, 11) is 0. The van der Waals surface area contributed by atoms with Crippen LogP contribution in [-0.2, 0) is 13.2 Å². The van der Waals surface area contributed by atoms with Crippen LogP contribution in [0.2, 0.25) is 0 Å². The standard InChI is InChI=1S/C21H24N2O2/c1-21(15-24,19-9-10-19)23-13-16-5-4-8-20(11-16)25-14-18-7-3-2-6-17(18)12-22/h2-8,11,19,23-24H,9-10,13-15H2,1H3. The van der Waals surface area contributed by atoms with E-state index in [1.54, 1.807) is 6.07 Å². The first kappa shape index (κ1) is 17.5. The number of aliphatic hydroxyl groups excluding tert-OH is 1. The van der Waals surface area contributed by atoms with Gasteiger partial charge in [0.15, 0.2) is 0 Å². The highest BCUT2D eigenvalue weighted by Crippen LogP contribution is 2.39. The van der Waals surface area contributed by atoms with E-state index in [1.807, 2.05) is 42.5 Å². The number of nitrogens with one attached hydrogen (secondary N) is 1. The van der Waals surface area contributed by atoms with Crippen LogP contribution in [0.4, 0.5) is 0 Å². The van der Waals surface area contributed by atoms with Crippen LogP contribution in [0.3, 0.4) is 0 Å². The smallest absolute Gasteiger partial charge is 0.120 e. The number of hydrogen-bond acceptors (Lipinski definition) is 4. The van der Waals surface area contributed by atoms with Gasteiger partial charge in [0.25, 0.3) is 0 Å². The van der Waals surface area contributed by atoms with E-state index in [2.05, 4.69) is 18.3 Å². The normalized spacial score (nSPS) is 16.0. The van der Waals surface area contributed by atoms with E-state index in [1.165, 1.54) is 12.8 Å². The van der Waals surface area contributed by atoms with E-state index in [9.17, 15) is 5.11 Å². The lowest BCUT2D eigenvalue weighted by Gasteiger charge is -2.29. The van der Waals surface area contributed by atoms with E-state index >= 15 is 0 Å². The van der Waals surface area contributed by atoms with Gasteiger partial charge in [-0.3, -0.25) is 0 Å². The van der Waals surface area contributed by atoms with Gasteiger partial charge in [0, 0.05) is 17.6 Å². The Labute approximate surface area is 149 Å². The fourth-order valence-electron chi connectivity index (χ4n) is 3.02. The third-order valence-corrected chi connectivity index (χ3v) is 4.93. The molecule has 0 radical (unpaired) electrons. The maximum Gasteiger partial charge on any atom is 0.120 e. The lowest BCUT2D eigenvalue weighted by molar-refractivity contribution is 0.153. The quantitative estimate of drug-likeness (QED) is 0.775. The molecule has 1 aliphatic carbocycles. The second kappa shape index (κ2) is 7.69. The lowest BCUT2D eigenvalue weighted by atomic mass is 9.96. The van der Waals surface area contributed by atoms with E-state index in [-0.39, 0.29) is 12.1 Å². The zero-order valence-corrected chi connectivity index (χ0v) is 14.5. The van der Waals surface area contributed by atoms with Crippen molar-refractivity contribution in [2.45, 2.75) is 38.5 Å². The summed E-state index contributed by atoms with van der Waals surface area (Å²) in [6.07, 6.45) is 2.37. The van der Waals surface area contributed by atoms with Crippen LogP contribution in [0.15, 0.2) is 48.5 Å². The molecule has 2 N–H and O–H groups in total. The Morgan fingerprint density at radius 3 is 2.76 bits per heavy atom. The second-order valence-corrected chi connectivity index (χ2v) is 6.91. The zero-order valence-electron chi connectivity index (χ0n) is 14.5. The van der Waals surface area contributed by atoms with E-state index in [4.69, 9.17) is 10.00 Å². The van der Waals surface area contributed by atoms with Gasteiger partial charge in [-0.1, -0.05) is 30.3 Å². The molecule has 0 spiro atoms. The summed E-state index contributed by atoms with van der Waals surface area (Å²) >= 11 is 0. The minimum absolute atomic E-state index is 0.152. The highest BCUT2D eigenvalue weighted by atomic mass is 16.5. The molecule has 0 saturated heterocycles. The van der Waals surface area contributed by atoms with Crippen molar-refractivity contribution in [3.05, 3.63) is 65.2 Å². The first-order valence-corrected chi connectivity index (χ1v) is 8.70. The third kappa shape index (κ3) is 4.39. The number of nitrogens with zero attached hydrogens (tertiary/aromatic N) is 1. The third-order valence-electron chi connectivity index (χ3n) is 4.93. The van der Waals surface area contributed by atoms with Crippen molar-refractivity contribution in [3.8, 4) is 11.8 Å². The average molecular weight is 336 g/mol. The second-order valence-electron chi connectivity index (χ2n) is 6.91. The van der Waals surface area contributed by atoms with Gasteiger partial charge in [-0.05, 0) is 49.4 Å². The van der Waals surface area contributed by atoms with Gasteiger partial charge in [-0.2, -0.15) is 5.26 Å². The molecule has 2 aromatic rings. The van der Waals surface area contributed by atoms with Crippen LogP contribution in [0, 0.1) is 17.2 Å². The lowest BCUT2D eigenvalue weighted by Crippen LogP contribution is -2.47. The summed E-state index contributed by atoms with van der Waals surface area (Å²) in [5, 5.41) is 22.3. The van der Waals surface area contributed by atoms with Gasteiger partial charge in [-0.25, -0.2) is 0 Å². The zero-order chi connectivity index (χ0) is 17.7. The topological polar surface area (TPSA) is 65.3 Å². The first-order valence-electron chi connectivity index (χ1n) is 8.70. The van der Waals surface area contributed by atoms with E-state index in [0.717, 1.165) is 16.9 Å². The monoisotopic (exact) mass is 336 g/mol. The van der Waals surface area contributed by atoms with Gasteiger partial charge in [-0.15, -0.1) is 0 Å². The molecule has 1 fully saturated rings. The number of benzene rings is 2. The molecule has 0 heterocycles. The van der Waals surface area contributed by atoms with E-state index in [0.29, 0.717) is 24.6 Å². The molecule has 0 aromatic heterocycles. The SMILES string of the molecule is CC(CO)(NCc1cccc(OCc2ccccc2C#N)c1)C1CC1.